The van der Waals surface area contributed by atoms with E-state index in [-0.39, 0.29) is 5.56 Å². The number of halogens is 2. The predicted octanol–water partition coefficient (Wildman–Crippen LogP) is 3.51. The van der Waals surface area contributed by atoms with E-state index in [1.807, 2.05) is 0 Å². The van der Waals surface area contributed by atoms with Gasteiger partial charge in [0, 0.05) is 21.8 Å². The summed E-state index contributed by atoms with van der Waals surface area (Å²) in [5.74, 6) is -0.675. The van der Waals surface area contributed by atoms with Gasteiger partial charge in [0.1, 0.15) is 0 Å². The molecule has 18 heavy (non-hydrogen) atoms. The van der Waals surface area contributed by atoms with Gasteiger partial charge in [-0.05, 0) is 18.2 Å². The molecule has 1 amide bonds. The third kappa shape index (κ3) is 1.44. The second kappa shape index (κ2) is 3.82. The van der Waals surface area contributed by atoms with E-state index in [2.05, 4.69) is 5.32 Å². The monoisotopic (exact) mass is 261 g/mol. The fraction of sp³-hybridized carbons (Fsp3) is 0.0714. The number of nitrogens with one attached hydrogen (secondary N) is 1. The first kappa shape index (κ1) is 11.2. The van der Waals surface area contributed by atoms with Crippen LogP contribution in [0.3, 0.4) is 0 Å². The van der Waals surface area contributed by atoms with Crippen LogP contribution in [0.15, 0.2) is 48.5 Å². The summed E-state index contributed by atoms with van der Waals surface area (Å²) in [6, 6.07) is 13.1. The average molecular weight is 262 g/mol. The Morgan fingerprint density at radius 1 is 1.11 bits per heavy atom. The summed E-state index contributed by atoms with van der Waals surface area (Å²) in [6.07, 6.45) is 0. The molecule has 0 saturated carbocycles. The molecule has 0 radical (unpaired) electrons. The summed E-state index contributed by atoms with van der Waals surface area (Å²) in [6.45, 7) is 0. The zero-order valence-corrected chi connectivity index (χ0v) is 10.0. The lowest BCUT2D eigenvalue weighted by atomic mass is 9.89. The quantitative estimate of drug-likeness (QED) is 0.836. The maximum atomic E-state index is 15.1. The van der Waals surface area contributed by atoms with Crippen LogP contribution in [0.25, 0.3) is 0 Å². The first-order chi connectivity index (χ1) is 8.62. The Morgan fingerprint density at radius 3 is 2.56 bits per heavy atom. The largest absolute Gasteiger partial charge is 0.322 e. The van der Waals surface area contributed by atoms with E-state index >= 15 is 4.39 Å². The van der Waals surface area contributed by atoms with Gasteiger partial charge in [-0.25, -0.2) is 4.39 Å². The molecular weight excluding hydrogens is 253 g/mol. The number of anilines is 1. The number of alkyl halides is 1. The SMILES string of the molecule is O=C1Nc2ccc(Cl)cc2[C@]1(F)c1ccccc1. The van der Waals surface area contributed by atoms with Gasteiger partial charge in [-0.3, -0.25) is 4.79 Å². The number of amides is 1. The number of benzene rings is 2. The molecule has 1 atom stereocenters. The van der Waals surface area contributed by atoms with Crippen molar-refractivity contribution in [3.63, 3.8) is 0 Å². The lowest BCUT2D eigenvalue weighted by Crippen LogP contribution is -2.30. The summed E-state index contributed by atoms with van der Waals surface area (Å²) in [7, 11) is 0. The molecule has 4 heteroatoms. The fourth-order valence-corrected chi connectivity index (χ4v) is 2.37. The van der Waals surface area contributed by atoms with Crippen molar-refractivity contribution < 1.29 is 9.18 Å². The molecule has 0 unspecified atom stereocenters. The summed E-state index contributed by atoms with van der Waals surface area (Å²) >= 11 is 5.88. The molecule has 1 aliphatic heterocycles. The third-order valence-electron chi connectivity index (χ3n) is 3.09. The molecule has 0 aliphatic carbocycles. The molecule has 2 aromatic rings. The molecule has 0 fully saturated rings. The van der Waals surface area contributed by atoms with Crippen LogP contribution >= 0.6 is 11.6 Å². The Morgan fingerprint density at radius 2 is 1.83 bits per heavy atom. The Hall–Kier alpha value is -1.87. The van der Waals surface area contributed by atoms with Gasteiger partial charge in [0.25, 0.3) is 5.91 Å². The molecule has 0 saturated heterocycles. The molecule has 0 bridgehead atoms. The highest BCUT2D eigenvalue weighted by atomic mass is 35.5. The summed E-state index contributed by atoms with van der Waals surface area (Å²) in [5, 5.41) is 2.95. The molecule has 3 rings (SSSR count). The van der Waals surface area contributed by atoms with Crippen LogP contribution in [0, 0.1) is 0 Å². The minimum atomic E-state index is -2.17. The summed E-state index contributed by atoms with van der Waals surface area (Å²) in [4.78, 5) is 11.9. The molecule has 90 valence electrons. The Bertz CT molecular complexity index is 629. The second-order valence-electron chi connectivity index (χ2n) is 4.17. The van der Waals surface area contributed by atoms with E-state index < -0.39 is 11.6 Å². The average Bonchev–Trinajstić information content (AvgIpc) is 2.64. The molecule has 1 N–H and O–H groups in total. The highest BCUT2D eigenvalue weighted by Crippen LogP contribution is 2.44. The first-order valence-electron chi connectivity index (χ1n) is 5.48. The van der Waals surface area contributed by atoms with Crippen molar-refractivity contribution in [2.75, 3.05) is 5.32 Å². The van der Waals surface area contributed by atoms with Crippen LogP contribution in [0.1, 0.15) is 11.1 Å². The van der Waals surface area contributed by atoms with Crippen molar-refractivity contribution in [3.05, 3.63) is 64.7 Å². The number of hydrogen-bond acceptors (Lipinski definition) is 1. The van der Waals surface area contributed by atoms with Gasteiger partial charge >= 0.3 is 0 Å². The minimum Gasteiger partial charge on any atom is -0.322 e. The van der Waals surface area contributed by atoms with Gasteiger partial charge in [0.2, 0.25) is 5.67 Å². The summed E-state index contributed by atoms with van der Waals surface area (Å²) in [5.41, 5.74) is -1.12. The highest BCUT2D eigenvalue weighted by molar-refractivity contribution is 6.31. The van der Waals surface area contributed by atoms with Gasteiger partial charge in [0.05, 0.1) is 0 Å². The molecule has 2 nitrogen and oxygen atoms in total. The lowest BCUT2D eigenvalue weighted by Gasteiger charge is -2.18. The van der Waals surface area contributed by atoms with Crippen LogP contribution < -0.4 is 5.32 Å². The Balaban J connectivity index is 2.25. The van der Waals surface area contributed by atoms with Gasteiger partial charge in [-0.1, -0.05) is 41.9 Å². The number of carbonyl (C=O) groups is 1. The fourth-order valence-electron chi connectivity index (χ4n) is 2.20. The highest BCUT2D eigenvalue weighted by Gasteiger charge is 2.49. The molecule has 1 heterocycles. The molecule has 2 aromatic carbocycles. The maximum Gasteiger partial charge on any atom is 0.271 e. The Labute approximate surface area is 108 Å². The van der Waals surface area contributed by atoms with Crippen LogP contribution in [0.4, 0.5) is 10.1 Å². The van der Waals surface area contributed by atoms with Crippen LogP contribution in [-0.4, -0.2) is 5.91 Å². The zero-order valence-electron chi connectivity index (χ0n) is 9.28. The van der Waals surface area contributed by atoms with Crippen molar-refractivity contribution in [3.8, 4) is 0 Å². The summed E-state index contributed by atoms with van der Waals surface area (Å²) < 4.78 is 15.1. The van der Waals surface area contributed by atoms with Crippen LogP contribution in [0.2, 0.25) is 5.02 Å². The van der Waals surface area contributed by atoms with E-state index in [4.69, 9.17) is 11.6 Å². The Kier molecular flexibility index (Phi) is 2.38. The topological polar surface area (TPSA) is 29.1 Å². The molecule has 0 aromatic heterocycles. The van der Waals surface area contributed by atoms with E-state index in [9.17, 15) is 4.79 Å². The molecule has 0 spiro atoms. The standard InChI is InChI=1S/C14H9ClFNO/c15-10-6-7-12-11(8-10)14(16,13(18)17-12)9-4-2-1-3-5-9/h1-8H,(H,17,18)/t14-/m1/s1. The normalized spacial score (nSPS) is 21.6. The number of rotatable bonds is 1. The van der Waals surface area contributed by atoms with Gasteiger partial charge in [-0.15, -0.1) is 0 Å². The van der Waals surface area contributed by atoms with Gasteiger partial charge in [-0.2, -0.15) is 0 Å². The number of fused-ring (bicyclic) bond motifs is 1. The van der Waals surface area contributed by atoms with Gasteiger partial charge < -0.3 is 5.32 Å². The van der Waals surface area contributed by atoms with Crippen LogP contribution in [-0.2, 0) is 10.5 Å². The van der Waals surface area contributed by atoms with Crippen molar-refractivity contribution >= 4 is 23.2 Å². The van der Waals surface area contributed by atoms with Crippen molar-refractivity contribution in [2.24, 2.45) is 0 Å². The van der Waals surface area contributed by atoms with E-state index in [0.717, 1.165) is 0 Å². The maximum absolute atomic E-state index is 15.1. The van der Waals surface area contributed by atoms with Crippen molar-refractivity contribution in [2.45, 2.75) is 5.67 Å². The minimum absolute atomic E-state index is 0.270. The second-order valence-corrected chi connectivity index (χ2v) is 4.60. The molecular formula is C14H9ClFNO. The molecule has 1 aliphatic rings. The van der Waals surface area contributed by atoms with Crippen molar-refractivity contribution in [1.82, 2.24) is 0 Å². The smallest absolute Gasteiger partial charge is 0.271 e. The van der Waals surface area contributed by atoms with E-state index in [1.165, 1.54) is 6.07 Å². The number of carbonyl (C=O) groups excluding carboxylic acids is 1. The lowest BCUT2D eigenvalue weighted by molar-refractivity contribution is -0.124. The predicted molar refractivity (Wildman–Crippen MR) is 68.4 cm³/mol. The van der Waals surface area contributed by atoms with Gasteiger partial charge in [0.15, 0.2) is 0 Å². The van der Waals surface area contributed by atoms with Crippen molar-refractivity contribution in [1.29, 1.82) is 0 Å². The van der Waals surface area contributed by atoms with E-state index in [1.54, 1.807) is 42.5 Å². The zero-order chi connectivity index (χ0) is 12.8. The number of hydrogen-bond donors (Lipinski definition) is 1. The first-order valence-corrected chi connectivity index (χ1v) is 5.86. The van der Waals surface area contributed by atoms with Crippen LogP contribution in [0.5, 0.6) is 0 Å². The van der Waals surface area contributed by atoms with E-state index in [0.29, 0.717) is 16.3 Å². The third-order valence-corrected chi connectivity index (χ3v) is 3.32.